The van der Waals surface area contributed by atoms with Crippen LogP contribution in [0.1, 0.15) is 24.5 Å². The zero-order valence-corrected chi connectivity index (χ0v) is 13.0. The second-order valence-corrected chi connectivity index (χ2v) is 5.58. The van der Waals surface area contributed by atoms with Gasteiger partial charge in [0.15, 0.2) is 0 Å². The Balaban J connectivity index is 0.00000161. The van der Waals surface area contributed by atoms with Crippen LogP contribution >= 0.6 is 12.4 Å². The smallest absolute Gasteiger partial charge is 0.225 e. The van der Waals surface area contributed by atoms with E-state index in [1.54, 1.807) is 0 Å². The molecule has 4 nitrogen and oxygen atoms in total. The van der Waals surface area contributed by atoms with Crippen molar-refractivity contribution < 1.29 is 9.53 Å². The summed E-state index contributed by atoms with van der Waals surface area (Å²) in [5.41, 5.74) is 1.16. The van der Waals surface area contributed by atoms with E-state index in [0.29, 0.717) is 19.1 Å². The summed E-state index contributed by atoms with van der Waals surface area (Å²) in [5.74, 6) is 0.515. The van der Waals surface area contributed by atoms with Gasteiger partial charge in [-0.1, -0.05) is 30.3 Å². The number of hydrogen-bond acceptors (Lipinski definition) is 3. The van der Waals surface area contributed by atoms with Gasteiger partial charge in [-0.25, -0.2) is 0 Å². The van der Waals surface area contributed by atoms with Crippen LogP contribution in [0.25, 0.3) is 0 Å². The first kappa shape index (κ1) is 16.3. The van der Waals surface area contributed by atoms with Crippen molar-refractivity contribution in [3.05, 3.63) is 35.9 Å². The molecule has 3 rings (SSSR count). The normalized spacial score (nSPS) is 23.4. The van der Waals surface area contributed by atoms with Gasteiger partial charge in [0.25, 0.3) is 0 Å². The number of ether oxygens (including phenoxy) is 1. The molecule has 2 saturated heterocycles. The van der Waals surface area contributed by atoms with Gasteiger partial charge in [-0.05, 0) is 31.5 Å². The minimum absolute atomic E-state index is 0. The van der Waals surface area contributed by atoms with Crippen LogP contribution in [0, 0.1) is 5.92 Å². The lowest BCUT2D eigenvalue weighted by Gasteiger charge is -2.36. The van der Waals surface area contributed by atoms with Crippen molar-refractivity contribution in [1.29, 1.82) is 0 Å². The zero-order chi connectivity index (χ0) is 13.8. The fraction of sp³-hybridized carbons (Fsp3) is 0.562. The SMILES string of the molecule is Cl.O=C(C1CCNCC1)N1CCOC(c2ccccc2)C1. The molecule has 1 unspecified atom stereocenters. The highest BCUT2D eigenvalue weighted by atomic mass is 35.5. The third-order valence-electron chi connectivity index (χ3n) is 4.24. The Morgan fingerprint density at radius 2 is 1.90 bits per heavy atom. The third kappa shape index (κ3) is 3.96. The van der Waals surface area contributed by atoms with Crippen LogP contribution in [-0.2, 0) is 9.53 Å². The van der Waals surface area contributed by atoms with Gasteiger partial charge in [0.2, 0.25) is 5.91 Å². The van der Waals surface area contributed by atoms with Gasteiger partial charge in [-0.3, -0.25) is 4.79 Å². The maximum absolute atomic E-state index is 12.6. The molecule has 116 valence electrons. The summed E-state index contributed by atoms with van der Waals surface area (Å²) in [6.45, 7) is 3.97. The van der Waals surface area contributed by atoms with Crippen LogP contribution in [0.2, 0.25) is 0 Å². The van der Waals surface area contributed by atoms with E-state index in [9.17, 15) is 4.79 Å². The molecule has 0 aromatic heterocycles. The molecule has 0 aliphatic carbocycles. The minimum atomic E-state index is 0. The van der Waals surface area contributed by atoms with Crippen LogP contribution in [-0.4, -0.2) is 43.6 Å². The van der Waals surface area contributed by atoms with Crippen molar-refractivity contribution in [3.63, 3.8) is 0 Å². The molecular formula is C16H23ClN2O2. The lowest BCUT2D eigenvalue weighted by atomic mass is 9.96. The largest absolute Gasteiger partial charge is 0.370 e. The molecule has 21 heavy (non-hydrogen) atoms. The van der Waals surface area contributed by atoms with Gasteiger partial charge < -0.3 is 15.0 Å². The lowest BCUT2D eigenvalue weighted by Crippen LogP contribution is -2.47. The van der Waals surface area contributed by atoms with Crippen molar-refractivity contribution in [3.8, 4) is 0 Å². The molecule has 5 heteroatoms. The molecule has 2 aliphatic heterocycles. The fourth-order valence-corrected chi connectivity index (χ4v) is 3.05. The predicted octanol–water partition coefficient (Wildman–Crippen LogP) is 2.01. The van der Waals surface area contributed by atoms with E-state index in [1.807, 2.05) is 23.1 Å². The number of nitrogens with one attached hydrogen (secondary N) is 1. The zero-order valence-electron chi connectivity index (χ0n) is 12.2. The highest BCUT2D eigenvalue weighted by molar-refractivity contribution is 5.85. The van der Waals surface area contributed by atoms with Crippen molar-refractivity contribution in [1.82, 2.24) is 10.2 Å². The summed E-state index contributed by atoms with van der Waals surface area (Å²) in [7, 11) is 0. The monoisotopic (exact) mass is 310 g/mol. The maximum Gasteiger partial charge on any atom is 0.225 e. The molecule has 0 bridgehead atoms. The quantitative estimate of drug-likeness (QED) is 0.908. The first-order valence-electron chi connectivity index (χ1n) is 7.50. The molecule has 1 aromatic rings. The van der Waals surface area contributed by atoms with Crippen molar-refractivity contribution in [2.24, 2.45) is 5.92 Å². The summed E-state index contributed by atoms with van der Waals surface area (Å²) in [6, 6.07) is 10.2. The predicted molar refractivity (Wildman–Crippen MR) is 84.6 cm³/mol. The standard InChI is InChI=1S/C16H22N2O2.ClH/c19-16(14-6-8-17-9-7-14)18-10-11-20-15(12-18)13-4-2-1-3-5-13;/h1-5,14-15,17H,6-12H2;1H. The molecule has 1 N–H and O–H groups in total. The fourth-order valence-electron chi connectivity index (χ4n) is 3.05. The Hall–Kier alpha value is -1.10. The number of carbonyl (C=O) groups excluding carboxylic acids is 1. The van der Waals surface area contributed by atoms with Gasteiger partial charge >= 0.3 is 0 Å². The highest BCUT2D eigenvalue weighted by Gasteiger charge is 2.30. The number of rotatable bonds is 2. The molecule has 2 heterocycles. The van der Waals surface area contributed by atoms with Crippen LogP contribution in [0.5, 0.6) is 0 Å². The molecule has 0 saturated carbocycles. The summed E-state index contributed by atoms with van der Waals surface area (Å²) < 4.78 is 5.83. The van der Waals surface area contributed by atoms with E-state index in [4.69, 9.17) is 4.74 Å². The molecule has 0 spiro atoms. The van der Waals surface area contributed by atoms with E-state index in [0.717, 1.165) is 38.0 Å². The first-order valence-corrected chi connectivity index (χ1v) is 7.50. The number of amides is 1. The Labute approximate surface area is 132 Å². The maximum atomic E-state index is 12.6. The van der Waals surface area contributed by atoms with Crippen molar-refractivity contribution in [2.45, 2.75) is 18.9 Å². The van der Waals surface area contributed by atoms with Crippen LogP contribution < -0.4 is 5.32 Å². The molecule has 0 radical (unpaired) electrons. The number of piperidine rings is 1. The number of hydrogen-bond donors (Lipinski definition) is 1. The van der Waals surface area contributed by atoms with Crippen molar-refractivity contribution >= 4 is 18.3 Å². The second-order valence-electron chi connectivity index (χ2n) is 5.58. The van der Waals surface area contributed by atoms with Crippen molar-refractivity contribution in [2.75, 3.05) is 32.8 Å². The average molecular weight is 311 g/mol. The average Bonchev–Trinajstić information content (AvgIpc) is 2.56. The van der Waals surface area contributed by atoms with E-state index in [1.165, 1.54) is 0 Å². The van der Waals surface area contributed by atoms with Gasteiger partial charge in [-0.2, -0.15) is 0 Å². The van der Waals surface area contributed by atoms with Gasteiger partial charge in [-0.15, -0.1) is 12.4 Å². The molecule has 2 fully saturated rings. The topological polar surface area (TPSA) is 41.6 Å². The first-order chi connectivity index (χ1) is 9.84. The Kier molecular flexibility index (Phi) is 6.03. The number of halogens is 1. The van der Waals surface area contributed by atoms with E-state index >= 15 is 0 Å². The van der Waals surface area contributed by atoms with Gasteiger partial charge in [0.05, 0.1) is 13.2 Å². The van der Waals surface area contributed by atoms with Crippen LogP contribution in [0.15, 0.2) is 30.3 Å². The summed E-state index contributed by atoms with van der Waals surface area (Å²) in [4.78, 5) is 14.6. The molecule has 2 aliphatic rings. The molecule has 1 aromatic carbocycles. The Morgan fingerprint density at radius 3 is 2.62 bits per heavy atom. The second kappa shape index (κ2) is 7.78. The number of nitrogens with zero attached hydrogens (tertiary/aromatic N) is 1. The van der Waals surface area contributed by atoms with Gasteiger partial charge in [0, 0.05) is 12.5 Å². The van der Waals surface area contributed by atoms with Crippen LogP contribution in [0.4, 0.5) is 0 Å². The summed E-state index contributed by atoms with van der Waals surface area (Å²) in [5, 5.41) is 3.31. The lowest BCUT2D eigenvalue weighted by molar-refractivity contribution is -0.144. The Bertz CT molecular complexity index is 449. The number of morpholine rings is 1. The number of carbonyl (C=O) groups is 1. The molecular weight excluding hydrogens is 288 g/mol. The van der Waals surface area contributed by atoms with E-state index < -0.39 is 0 Å². The minimum Gasteiger partial charge on any atom is -0.370 e. The molecule has 1 amide bonds. The van der Waals surface area contributed by atoms with Crippen LogP contribution in [0.3, 0.4) is 0 Å². The third-order valence-corrected chi connectivity index (χ3v) is 4.24. The van der Waals surface area contributed by atoms with E-state index in [-0.39, 0.29) is 24.4 Å². The molecule has 1 atom stereocenters. The summed E-state index contributed by atoms with van der Waals surface area (Å²) >= 11 is 0. The summed E-state index contributed by atoms with van der Waals surface area (Å²) in [6.07, 6.45) is 1.95. The van der Waals surface area contributed by atoms with E-state index in [2.05, 4.69) is 17.4 Å². The Morgan fingerprint density at radius 1 is 1.19 bits per heavy atom. The highest BCUT2D eigenvalue weighted by Crippen LogP contribution is 2.24. The van der Waals surface area contributed by atoms with Gasteiger partial charge in [0.1, 0.15) is 6.10 Å². The number of benzene rings is 1.